The molecule has 0 fully saturated rings. The summed E-state index contributed by atoms with van der Waals surface area (Å²) in [5.41, 5.74) is 6.30. The summed E-state index contributed by atoms with van der Waals surface area (Å²) >= 11 is 1.47. The molecule has 0 radical (unpaired) electrons. The third kappa shape index (κ3) is 10.7. The van der Waals surface area contributed by atoms with E-state index in [1.807, 2.05) is 6.26 Å². The second kappa shape index (κ2) is 14.0. The van der Waals surface area contributed by atoms with Crippen LogP contribution in [0.1, 0.15) is 18.4 Å². The standard InChI is InChI=1S/C20H28N4O8S/c1-33-7-6-13(21)18(30)23-15(9-16(26)27)20(32)24-14(19(31)22-10-17(28)29)8-11-2-4-12(25)5-3-11/h2-5,13-15,25H,6-10,21H2,1H3,(H,22,31)(H,23,30)(H,24,32)(H,26,27)(H,28,29). The van der Waals surface area contributed by atoms with Crippen LogP contribution in [0.4, 0.5) is 0 Å². The Morgan fingerprint density at radius 1 is 0.939 bits per heavy atom. The van der Waals surface area contributed by atoms with E-state index in [1.165, 1.54) is 36.0 Å². The second-order valence-electron chi connectivity index (χ2n) is 7.09. The van der Waals surface area contributed by atoms with Crippen LogP contribution in [0.3, 0.4) is 0 Å². The molecular weight excluding hydrogens is 456 g/mol. The first-order valence-corrected chi connectivity index (χ1v) is 11.3. The van der Waals surface area contributed by atoms with E-state index < -0.39 is 60.8 Å². The quantitative estimate of drug-likeness (QED) is 0.165. The summed E-state index contributed by atoms with van der Waals surface area (Å²) in [4.78, 5) is 59.5. The topological polar surface area (TPSA) is 208 Å². The van der Waals surface area contributed by atoms with Crippen molar-refractivity contribution in [3.05, 3.63) is 29.8 Å². The van der Waals surface area contributed by atoms with Gasteiger partial charge < -0.3 is 37.0 Å². The van der Waals surface area contributed by atoms with Crippen LogP contribution in [0.2, 0.25) is 0 Å². The van der Waals surface area contributed by atoms with Crippen molar-refractivity contribution in [2.75, 3.05) is 18.6 Å². The number of thioether (sulfide) groups is 1. The highest BCUT2D eigenvalue weighted by Crippen LogP contribution is 2.12. The predicted octanol–water partition coefficient (Wildman–Crippen LogP) is -1.34. The first-order valence-electron chi connectivity index (χ1n) is 9.88. The minimum absolute atomic E-state index is 0.0169. The molecule has 12 nitrogen and oxygen atoms in total. The third-order valence-electron chi connectivity index (χ3n) is 4.40. The SMILES string of the molecule is CSCCC(N)C(=O)NC(CC(=O)O)C(=O)NC(Cc1ccc(O)cc1)C(=O)NCC(=O)O. The average molecular weight is 485 g/mol. The molecule has 0 heterocycles. The number of nitrogens with one attached hydrogen (secondary N) is 3. The Labute approximate surface area is 194 Å². The molecule has 0 aliphatic heterocycles. The van der Waals surface area contributed by atoms with Crippen molar-refractivity contribution >= 4 is 41.4 Å². The Morgan fingerprint density at radius 3 is 2.09 bits per heavy atom. The molecule has 1 aromatic rings. The summed E-state index contributed by atoms with van der Waals surface area (Å²) in [6, 6.07) is 2.00. The van der Waals surface area contributed by atoms with E-state index in [1.54, 1.807) is 0 Å². The van der Waals surface area contributed by atoms with Gasteiger partial charge in [-0.2, -0.15) is 11.8 Å². The normalized spacial score (nSPS) is 13.3. The van der Waals surface area contributed by atoms with Crippen molar-refractivity contribution in [3.8, 4) is 5.75 Å². The molecule has 0 aromatic heterocycles. The highest BCUT2D eigenvalue weighted by atomic mass is 32.2. The van der Waals surface area contributed by atoms with Gasteiger partial charge in [0.05, 0.1) is 12.5 Å². The fourth-order valence-corrected chi connectivity index (χ4v) is 3.16. The van der Waals surface area contributed by atoms with E-state index in [2.05, 4.69) is 16.0 Å². The van der Waals surface area contributed by atoms with Gasteiger partial charge in [0.1, 0.15) is 24.4 Å². The van der Waals surface area contributed by atoms with Gasteiger partial charge in [-0.25, -0.2) is 0 Å². The van der Waals surface area contributed by atoms with Gasteiger partial charge in [0.2, 0.25) is 17.7 Å². The van der Waals surface area contributed by atoms with Crippen LogP contribution in [-0.2, 0) is 30.4 Å². The number of rotatable bonds is 14. The lowest BCUT2D eigenvalue weighted by Gasteiger charge is -2.23. The zero-order valence-electron chi connectivity index (χ0n) is 17.9. The molecule has 0 aliphatic carbocycles. The van der Waals surface area contributed by atoms with Gasteiger partial charge in [-0.15, -0.1) is 0 Å². The van der Waals surface area contributed by atoms with E-state index in [9.17, 15) is 29.1 Å². The number of phenolic OH excluding ortho intramolecular Hbond substituents is 1. The van der Waals surface area contributed by atoms with Crippen molar-refractivity contribution in [2.24, 2.45) is 5.73 Å². The number of phenols is 1. The molecule has 0 aliphatic rings. The van der Waals surface area contributed by atoms with E-state index in [-0.39, 0.29) is 12.2 Å². The summed E-state index contributed by atoms with van der Waals surface area (Å²) in [6.45, 7) is -0.694. The number of aliphatic carboxylic acids is 2. The zero-order chi connectivity index (χ0) is 25.0. The van der Waals surface area contributed by atoms with Gasteiger partial charge in [-0.1, -0.05) is 12.1 Å². The number of carboxylic acid groups (broad SMARTS) is 2. The molecule has 0 spiro atoms. The lowest BCUT2D eigenvalue weighted by molar-refractivity contribution is -0.141. The van der Waals surface area contributed by atoms with Crippen LogP contribution in [0, 0.1) is 0 Å². The van der Waals surface area contributed by atoms with E-state index in [0.29, 0.717) is 17.7 Å². The molecule has 8 N–H and O–H groups in total. The predicted molar refractivity (Wildman–Crippen MR) is 120 cm³/mol. The number of aromatic hydroxyl groups is 1. The van der Waals surface area contributed by atoms with Crippen molar-refractivity contribution in [1.82, 2.24) is 16.0 Å². The van der Waals surface area contributed by atoms with Crippen LogP contribution in [0.5, 0.6) is 5.75 Å². The molecular formula is C20H28N4O8S. The molecule has 1 rings (SSSR count). The summed E-state index contributed by atoms with van der Waals surface area (Å²) in [6.07, 6.45) is 1.30. The Hall–Kier alpha value is -3.32. The lowest BCUT2D eigenvalue weighted by Crippen LogP contribution is -2.57. The van der Waals surface area contributed by atoms with Crippen LogP contribution in [0.15, 0.2) is 24.3 Å². The van der Waals surface area contributed by atoms with E-state index in [4.69, 9.17) is 15.9 Å². The summed E-state index contributed by atoms with van der Waals surface area (Å²) in [7, 11) is 0. The van der Waals surface area contributed by atoms with Crippen LogP contribution < -0.4 is 21.7 Å². The molecule has 33 heavy (non-hydrogen) atoms. The second-order valence-corrected chi connectivity index (χ2v) is 8.08. The van der Waals surface area contributed by atoms with Gasteiger partial charge in [-0.05, 0) is 36.1 Å². The number of carboxylic acids is 2. The van der Waals surface area contributed by atoms with Crippen molar-refractivity contribution in [1.29, 1.82) is 0 Å². The van der Waals surface area contributed by atoms with Gasteiger partial charge in [0.15, 0.2) is 0 Å². The highest BCUT2D eigenvalue weighted by molar-refractivity contribution is 7.98. The first-order chi connectivity index (χ1) is 15.5. The monoisotopic (exact) mass is 484 g/mol. The summed E-state index contributed by atoms with van der Waals surface area (Å²) in [5.74, 6) is -4.57. The third-order valence-corrected chi connectivity index (χ3v) is 5.05. The fraction of sp³-hybridized carbons (Fsp3) is 0.450. The van der Waals surface area contributed by atoms with Gasteiger partial charge in [0.25, 0.3) is 0 Å². The van der Waals surface area contributed by atoms with Gasteiger partial charge in [-0.3, -0.25) is 24.0 Å². The minimum Gasteiger partial charge on any atom is -0.508 e. The Kier molecular flexibility index (Phi) is 11.7. The number of carbonyl (C=O) groups excluding carboxylic acids is 3. The van der Waals surface area contributed by atoms with Crippen LogP contribution >= 0.6 is 11.8 Å². The molecule has 3 atom stereocenters. The molecule has 182 valence electrons. The Morgan fingerprint density at radius 2 is 1.55 bits per heavy atom. The van der Waals surface area contributed by atoms with Crippen molar-refractivity contribution in [3.63, 3.8) is 0 Å². The highest BCUT2D eigenvalue weighted by Gasteiger charge is 2.30. The number of nitrogens with two attached hydrogens (primary N) is 1. The van der Waals surface area contributed by atoms with Crippen molar-refractivity contribution < 1.29 is 39.3 Å². The minimum atomic E-state index is -1.51. The Balaban J connectivity index is 3.00. The maximum absolute atomic E-state index is 12.8. The molecule has 0 bridgehead atoms. The largest absolute Gasteiger partial charge is 0.508 e. The van der Waals surface area contributed by atoms with Gasteiger partial charge in [0, 0.05) is 6.42 Å². The van der Waals surface area contributed by atoms with Crippen LogP contribution in [-0.4, -0.2) is 81.7 Å². The molecule has 0 saturated carbocycles. The first kappa shape index (κ1) is 27.7. The molecule has 0 saturated heterocycles. The lowest BCUT2D eigenvalue weighted by atomic mass is 10.0. The summed E-state index contributed by atoms with van der Waals surface area (Å²) < 4.78 is 0. The van der Waals surface area contributed by atoms with E-state index >= 15 is 0 Å². The average Bonchev–Trinajstić information content (AvgIpc) is 2.75. The molecule has 1 aromatic carbocycles. The van der Waals surface area contributed by atoms with Crippen molar-refractivity contribution in [2.45, 2.75) is 37.4 Å². The Bertz CT molecular complexity index is 849. The summed E-state index contributed by atoms with van der Waals surface area (Å²) in [5, 5.41) is 34.2. The number of hydrogen-bond donors (Lipinski definition) is 7. The number of amides is 3. The fourth-order valence-electron chi connectivity index (χ4n) is 2.67. The van der Waals surface area contributed by atoms with Crippen LogP contribution in [0.25, 0.3) is 0 Å². The molecule has 3 amide bonds. The maximum Gasteiger partial charge on any atom is 0.322 e. The number of carbonyl (C=O) groups is 5. The van der Waals surface area contributed by atoms with Gasteiger partial charge >= 0.3 is 11.9 Å². The smallest absolute Gasteiger partial charge is 0.322 e. The number of benzene rings is 1. The zero-order valence-corrected chi connectivity index (χ0v) is 18.8. The number of hydrogen-bond acceptors (Lipinski definition) is 8. The van der Waals surface area contributed by atoms with E-state index in [0.717, 1.165) is 0 Å². The maximum atomic E-state index is 12.8. The molecule has 3 unspecified atom stereocenters. The molecule has 13 heteroatoms.